The van der Waals surface area contributed by atoms with Gasteiger partial charge < -0.3 is 5.32 Å². The summed E-state index contributed by atoms with van der Waals surface area (Å²) in [6.45, 7) is 8.53. The minimum absolute atomic E-state index is 1.19. The first-order valence-electron chi connectivity index (χ1n) is 17.5. The van der Waals surface area contributed by atoms with E-state index in [9.17, 15) is 0 Å². The summed E-state index contributed by atoms with van der Waals surface area (Å²) >= 11 is 0. The Labute approximate surface area is 241 Å². The van der Waals surface area contributed by atoms with Crippen molar-refractivity contribution in [1.82, 2.24) is 5.32 Å². The van der Waals surface area contributed by atoms with Gasteiger partial charge in [0.1, 0.15) is 0 Å². The first kappa shape index (κ1) is 37.2. The van der Waals surface area contributed by atoms with Crippen molar-refractivity contribution in [3.8, 4) is 0 Å². The van der Waals surface area contributed by atoms with Crippen LogP contribution in [0.25, 0.3) is 0 Å². The van der Waals surface area contributed by atoms with Gasteiger partial charge in [-0.1, -0.05) is 140 Å². The molecule has 0 spiro atoms. The lowest BCUT2D eigenvalue weighted by molar-refractivity contribution is 0.539. The van der Waals surface area contributed by atoms with Gasteiger partial charge in [-0.3, -0.25) is 0 Å². The highest BCUT2D eigenvalue weighted by atomic mass is 14.8. The monoisotopic (exact) mass is 530 g/mol. The van der Waals surface area contributed by atoms with Gasteiger partial charge in [0, 0.05) is 0 Å². The van der Waals surface area contributed by atoms with Crippen LogP contribution in [0.5, 0.6) is 0 Å². The van der Waals surface area contributed by atoms with Crippen LogP contribution in [0.2, 0.25) is 0 Å². The molecule has 0 aliphatic heterocycles. The van der Waals surface area contributed by atoms with E-state index in [4.69, 9.17) is 0 Å². The number of hydrogen-bond donors (Lipinski definition) is 1. The molecule has 0 atom stereocenters. The second-order valence-corrected chi connectivity index (χ2v) is 11.7. The SMILES string of the molecule is C=CCCCCCCC/C=C\CCCCCCCCNCCCCCCCC/C=C\CCCCCCCC. The lowest BCUT2D eigenvalue weighted by Crippen LogP contribution is -2.16. The Morgan fingerprint density at radius 2 is 0.658 bits per heavy atom. The minimum atomic E-state index is 1.19. The molecule has 0 bridgehead atoms. The highest BCUT2D eigenvalue weighted by Gasteiger charge is 1.94. The summed E-state index contributed by atoms with van der Waals surface area (Å²) in [5, 5.41) is 3.67. The maximum Gasteiger partial charge on any atom is -0.00489 e. The van der Waals surface area contributed by atoms with Crippen LogP contribution in [0.4, 0.5) is 0 Å². The second-order valence-electron chi connectivity index (χ2n) is 11.7. The van der Waals surface area contributed by atoms with Crippen LogP contribution in [0, 0.1) is 0 Å². The van der Waals surface area contributed by atoms with Crippen molar-refractivity contribution in [2.45, 2.75) is 187 Å². The molecule has 0 aromatic heterocycles. The molecule has 0 saturated carbocycles. The number of rotatable bonds is 33. The van der Waals surface area contributed by atoms with E-state index in [1.165, 1.54) is 193 Å². The molecule has 0 fully saturated rings. The van der Waals surface area contributed by atoms with Gasteiger partial charge in [-0.05, 0) is 90.1 Å². The number of allylic oxidation sites excluding steroid dienone is 5. The molecule has 0 unspecified atom stereocenters. The Bertz CT molecular complexity index is 477. The van der Waals surface area contributed by atoms with E-state index in [0.717, 1.165) is 0 Å². The van der Waals surface area contributed by atoms with Gasteiger partial charge in [0.25, 0.3) is 0 Å². The van der Waals surface area contributed by atoms with Crippen molar-refractivity contribution in [3.63, 3.8) is 0 Å². The average Bonchev–Trinajstić information content (AvgIpc) is 2.93. The highest BCUT2D eigenvalue weighted by Crippen LogP contribution is 2.11. The quantitative estimate of drug-likeness (QED) is 0.0658. The van der Waals surface area contributed by atoms with Crippen LogP contribution in [0.1, 0.15) is 187 Å². The van der Waals surface area contributed by atoms with Crippen molar-refractivity contribution < 1.29 is 0 Å². The van der Waals surface area contributed by atoms with Crippen LogP contribution in [-0.4, -0.2) is 13.1 Å². The van der Waals surface area contributed by atoms with E-state index < -0.39 is 0 Å². The lowest BCUT2D eigenvalue weighted by atomic mass is 10.1. The minimum Gasteiger partial charge on any atom is -0.317 e. The van der Waals surface area contributed by atoms with Gasteiger partial charge in [0.05, 0.1) is 0 Å². The Morgan fingerprint density at radius 3 is 1.00 bits per heavy atom. The van der Waals surface area contributed by atoms with E-state index in [0.29, 0.717) is 0 Å². The smallest absolute Gasteiger partial charge is 0.00489 e. The Balaban J connectivity index is 3.10. The van der Waals surface area contributed by atoms with Gasteiger partial charge in [-0.15, -0.1) is 6.58 Å². The lowest BCUT2D eigenvalue weighted by Gasteiger charge is -2.05. The summed E-state index contributed by atoms with van der Waals surface area (Å²) in [6.07, 6.45) is 50.3. The van der Waals surface area contributed by atoms with Gasteiger partial charge >= 0.3 is 0 Å². The van der Waals surface area contributed by atoms with Crippen LogP contribution in [0.3, 0.4) is 0 Å². The van der Waals surface area contributed by atoms with Gasteiger partial charge in [-0.25, -0.2) is 0 Å². The largest absolute Gasteiger partial charge is 0.317 e. The molecule has 0 saturated heterocycles. The van der Waals surface area contributed by atoms with Crippen molar-refractivity contribution >= 4 is 0 Å². The van der Waals surface area contributed by atoms with Crippen LogP contribution >= 0.6 is 0 Å². The molecule has 38 heavy (non-hydrogen) atoms. The molecular weight excluding hydrogens is 458 g/mol. The molecule has 1 N–H and O–H groups in total. The van der Waals surface area contributed by atoms with E-state index in [-0.39, 0.29) is 0 Å². The zero-order valence-corrected chi connectivity index (χ0v) is 26.3. The fourth-order valence-electron chi connectivity index (χ4n) is 5.16. The summed E-state index contributed by atoms with van der Waals surface area (Å²) in [4.78, 5) is 0. The van der Waals surface area contributed by atoms with Crippen molar-refractivity contribution in [1.29, 1.82) is 0 Å². The van der Waals surface area contributed by atoms with E-state index >= 15 is 0 Å². The van der Waals surface area contributed by atoms with Crippen molar-refractivity contribution in [3.05, 3.63) is 37.0 Å². The molecule has 224 valence electrons. The van der Waals surface area contributed by atoms with Gasteiger partial charge in [0.2, 0.25) is 0 Å². The van der Waals surface area contributed by atoms with Crippen LogP contribution in [0.15, 0.2) is 37.0 Å². The molecule has 1 nitrogen and oxygen atoms in total. The van der Waals surface area contributed by atoms with Gasteiger partial charge in [0.15, 0.2) is 0 Å². The predicted octanol–water partition coefficient (Wildman–Crippen LogP) is 12.8. The summed E-state index contributed by atoms with van der Waals surface area (Å²) in [7, 11) is 0. The Hall–Kier alpha value is -0.820. The standard InChI is InChI=1S/C37H71N/c1-3-5-7-9-11-13-15-17-19-21-23-25-27-29-31-33-35-37-38-36-34-32-30-28-26-24-22-20-18-16-14-12-10-8-6-4-2/h3,18-21,38H,1,4-17,22-37H2,2H3/b20-18-,21-19-. The van der Waals surface area contributed by atoms with E-state index in [1.54, 1.807) is 0 Å². The normalized spacial score (nSPS) is 11.8. The van der Waals surface area contributed by atoms with Crippen molar-refractivity contribution in [2.75, 3.05) is 13.1 Å². The second kappa shape index (κ2) is 36.2. The van der Waals surface area contributed by atoms with Crippen molar-refractivity contribution in [2.24, 2.45) is 0 Å². The van der Waals surface area contributed by atoms with Crippen LogP contribution < -0.4 is 5.32 Å². The molecule has 0 rings (SSSR count). The number of hydrogen-bond acceptors (Lipinski definition) is 1. The Morgan fingerprint density at radius 1 is 0.368 bits per heavy atom. The summed E-state index contributed by atoms with van der Waals surface area (Å²) in [6, 6.07) is 0. The maximum absolute atomic E-state index is 3.79. The third kappa shape index (κ3) is 35.2. The number of nitrogens with one attached hydrogen (secondary N) is 1. The first-order chi connectivity index (χ1) is 18.9. The molecular formula is C37H71N. The molecule has 0 aromatic rings. The topological polar surface area (TPSA) is 12.0 Å². The zero-order chi connectivity index (χ0) is 27.5. The summed E-state index contributed by atoms with van der Waals surface area (Å²) in [5.41, 5.74) is 0. The molecule has 0 aromatic carbocycles. The maximum atomic E-state index is 3.79. The predicted molar refractivity (Wildman–Crippen MR) is 176 cm³/mol. The average molecular weight is 530 g/mol. The fraction of sp³-hybridized carbons (Fsp3) is 0.838. The molecule has 0 amide bonds. The summed E-state index contributed by atoms with van der Waals surface area (Å²) < 4.78 is 0. The van der Waals surface area contributed by atoms with E-state index in [1.807, 2.05) is 6.08 Å². The van der Waals surface area contributed by atoms with Gasteiger partial charge in [-0.2, -0.15) is 0 Å². The third-order valence-corrected chi connectivity index (χ3v) is 7.79. The molecule has 1 heteroatoms. The fourth-order valence-corrected chi connectivity index (χ4v) is 5.16. The number of unbranched alkanes of at least 4 members (excludes halogenated alkanes) is 24. The third-order valence-electron chi connectivity index (χ3n) is 7.79. The molecule has 0 aliphatic carbocycles. The first-order valence-corrected chi connectivity index (χ1v) is 17.5. The molecule has 0 radical (unpaired) electrons. The Kier molecular flexibility index (Phi) is 35.4. The highest BCUT2D eigenvalue weighted by molar-refractivity contribution is 4.82. The van der Waals surface area contributed by atoms with E-state index in [2.05, 4.69) is 43.1 Å². The molecule has 0 heterocycles. The molecule has 0 aliphatic rings. The summed E-state index contributed by atoms with van der Waals surface area (Å²) in [5.74, 6) is 0. The zero-order valence-electron chi connectivity index (χ0n) is 26.3. The van der Waals surface area contributed by atoms with Crippen LogP contribution in [-0.2, 0) is 0 Å².